The lowest BCUT2D eigenvalue weighted by Gasteiger charge is -2.24. The summed E-state index contributed by atoms with van der Waals surface area (Å²) in [6.45, 7) is 7.48. The van der Waals surface area contributed by atoms with Gasteiger partial charge in [0.15, 0.2) is 0 Å². The number of nitrogens with one attached hydrogen (secondary N) is 2. The molecule has 1 aromatic carbocycles. The fraction of sp³-hybridized carbons (Fsp3) is 0.571. The fourth-order valence-electron chi connectivity index (χ4n) is 3.30. The van der Waals surface area contributed by atoms with Crippen molar-refractivity contribution in [2.75, 3.05) is 0 Å². The van der Waals surface area contributed by atoms with E-state index in [0.717, 1.165) is 6.07 Å². The molecule has 0 aromatic heterocycles. The summed E-state index contributed by atoms with van der Waals surface area (Å²) in [7, 11) is 0. The molecule has 5 N–H and O–H groups in total. The molecule has 0 unspecified atom stereocenters. The standard InChI is InChI=1S/C21H31N7O6/c1-11(2)7-15(22)19(29)24-16(8-12(3)4)20(30)25-17(21(31)32)9-13-5-6-14(26-27-23)10-18(13)28(33)34/h5-6,10-12,15-17H,7-9,22H2,1-4H3,(H,24,29)(H,25,30)(H,31,32)/t15-,16-,17-/m0/s1. The van der Waals surface area contributed by atoms with Gasteiger partial charge in [-0.25, -0.2) is 4.79 Å². The number of benzene rings is 1. The van der Waals surface area contributed by atoms with E-state index in [1.54, 1.807) is 0 Å². The first-order valence-electron chi connectivity index (χ1n) is 10.8. The van der Waals surface area contributed by atoms with Crippen LogP contribution in [0, 0.1) is 22.0 Å². The highest BCUT2D eigenvalue weighted by Gasteiger charge is 2.30. The number of aliphatic carboxylic acids is 1. The molecule has 1 aromatic rings. The summed E-state index contributed by atoms with van der Waals surface area (Å²) >= 11 is 0. The molecule has 1 rings (SSSR count). The number of rotatable bonds is 13. The van der Waals surface area contributed by atoms with Gasteiger partial charge in [0.2, 0.25) is 11.8 Å². The minimum absolute atomic E-state index is 0.00466. The Morgan fingerprint density at radius 1 is 1.12 bits per heavy atom. The van der Waals surface area contributed by atoms with Crippen LogP contribution in [0.2, 0.25) is 0 Å². The Bertz CT molecular complexity index is 959. The summed E-state index contributed by atoms with van der Waals surface area (Å²) in [5, 5.41) is 29.3. The van der Waals surface area contributed by atoms with Crippen LogP contribution in [0.4, 0.5) is 11.4 Å². The Morgan fingerprint density at radius 3 is 2.21 bits per heavy atom. The second-order valence-corrected chi connectivity index (χ2v) is 8.79. The highest BCUT2D eigenvalue weighted by Crippen LogP contribution is 2.26. The number of amides is 2. The average molecular weight is 478 g/mol. The molecule has 2 amide bonds. The van der Waals surface area contributed by atoms with E-state index in [4.69, 9.17) is 11.3 Å². The molecule has 13 nitrogen and oxygen atoms in total. The van der Waals surface area contributed by atoms with E-state index < -0.39 is 52.9 Å². The van der Waals surface area contributed by atoms with Crippen LogP contribution in [0.15, 0.2) is 23.3 Å². The van der Waals surface area contributed by atoms with E-state index in [2.05, 4.69) is 20.7 Å². The number of hydrogen-bond donors (Lipinski definition) is 4. The predicted octanol–water partition coefficient (Wildman–Crippen LogP) is 2.55. The number of nitro groups is 1. The minimum atomic E-state index is -1.51. The molecule has 0 fully saturated rings. The third-order valence-corrected chi connectivity index (χ3v) is 4.87. The summed E-state index contributed by atoms with van der Waals surface area (Å²) in [6, 6.07) is 0.231. The molecule has 0 saturated heterocycles. The topological polar surface area (TPSA) is 213 Å². The number of carboxylic acid groups (broad SMARTS) is 1. The smallest absolute Gasteiger partial charge is 0.326 e. The average Bonchev–Trinajstić information content (AvgIpc) is 2.72. The quantitative estimate of drug-likeness (QED) is 0.109. The largest absolute Gasteiger partial charge is 0.480 e. The van der Waals surface area contributed by atoms with Gasteiger partial charge in [-0.15, -0.1) is 0 Å². The van der Waals surface area contributed by atoms with Crippen LogP contribution in [0.5, 0.6) is 0 Å². The first-order chi connectivity index (χ1) is 15.8. The number of carbonyl (C=O) groups excluding carboxylic acids is 2. The number of nitrogens with zero attached hydrogens (tertiary/aromatic N) is 4. The number of carboxylic acids is 1. The van der Waals surface area contributed by atoms with Crippen LogP contribution < -0.4 is 16.4 Å². The van der Waals surface area contributed by atoms with Crippen LogP contribution in [-0.2, 0) is 20.8 Å². The molecular formula is C21H31N7O6. The molecule has 13 heteroatoms. The molecular weight excluding hydrogens is 446 g/mol. The van der Waals surface area contributed by atoms with Gasteiger partial charge in [-0.2, -0.15) is 0 Å². The van der Waals surface area contributed by atoms with Crippen molar-refractivity contribution in [2.45, 2.75) is 65.1 Å². The van der Waals surface area contributed by atoms with E-state index in [0.29, 0.717) is 6.42 Å². The number of hydrogen-bond acceptors (Lipinski definition) is 7. The Hall–Kier alpha value is -3.70. The van der Waals surface area contributed by atoms with E-state index in [1.165, 1.54) is 12.1 Å². The van der Waals surface area contributed by atoms with Crippen molar-refractivity contribution in [3.05, 3.63) is 44.3 Å². The molecule has 0 spiro atoms. The number of nitro benzene ring substituents is 1. The fourth-order valence-corrected chi connectivity index (χ4v) is 3.30. The molecule has 0 aliphatic heterocycles. The molecule has 186 valence electrons. The van der Waals surface area contributed by atoms with Gasteiger partial charge in [0, 0.05) is 28.6 Å². The van der Waals surface area contributed by atoms with Crippen molar-refractivity contribution in [1.29, 1.82) is 0 Å². The molecule has 0 saturated carbocycles. The Balaban J connectivity index is 3.10. The van der Waals surface area contributed by atoms with Crippen LogP contribution in [0.3, 0.4) is 0 Å². The zero-order valence-electron chi connectivity index (χ0n) is 19.6. The molecule has 0 heterocycles. The van der Waals surface area contributed by atoms with Crippen LogP contribution >= 0.6 is 0 Å². The summed E-state index contributed by atoms with van der Waals surface area (Å²) in [6.07, 6.45) is 0.248. The van der Waals surface area contributed by atoms with Crippen LogP contribution in [-0.4, -0.2) is 45.9 Å². The normalized spacial score (nSPS) is 13.5. The van der Waals surface area contributed by atoms with Crippen LogP contribution in [0.1, 0.15) is 46.1 Å². The SMILES string of the molecule is CC(C)C[C@H](NC(=O)[C@@H](N)CC(C)C)C(=O)N[C@@H](Cc1ccc(N=[N+]=[N-])cc1[N+](=O)[O-])C(=O)O. The van der Waals surface area contributed by atoms with Crippen molar-refractivity contribution >= 4 is 29.2 Å². The summed E-state index contributed by atoms with van der Waals surface area (Å²) < 4.78 is 0. The maximum Gasteiger partial charge on any atom is 0.326 e. The number of nitrogens with two attached hydrogens (primary N) is 1. The maximum absolute atomic E-state index is 12.9. The van der Waals surface area contributed by atoms with Gasteiger partial charge >= 0.3 is 5.97 Å². The highest BCUT2D eigenvalue weighted by molar-refractivity contribution is 5.91. The molecule has 34 heavy (non-hydrogen) atoms. The van der Waals surface area contributed by atoms with Gasteiger partial charge in [0.1, 0.15) is 12.1 Å². The number of azide groups is 1. The molecule has 0 bridgehead atoms. The summed E-state index contributed by atoms with van der Waals surface area (Å²) in [5.41, 5.74) is 14.0. The predicted molar refractivity (Wildman–Crippen MR) is 124 cm³/mol. The Labute approximate surface area is 196 Å². The molecule has 0 radical (unpaired) electrons. The monoisotopic (exact) mass is 477 g/mol. The van der Waals surface area contributed by atoms with E-state index in [9.17, 15) is 29.6 Å². The number of carbonyl (C=O) groups is 3. The maximum atomic E-state index is 12.9. The van der Waals surface area contributed by atoms with E-state index >= 15 is 0 Å². The zero-order chi connectivity index (χ0) is 26.0. The van der Waals surface area contributed by atoms with Crippen molar-refractivity contribution in [2.24, 2.45) is 22.7 Å². The third-order valence-electron chi connectivity index (χ3n) is 4.87. The minimum Gasteiger partial charge on any atom is -0.480 e. The lowest BCUT2D eigenvalue weighted by molar-refractivity contribution is -0.385. The first kappa shape index (κ1) is 28.3. The second kappa shape index (κ2) is 13.1. The van der Waals surface area contributed by atoms with Crippen molar-refractivity contribution in [3.8, 4) is 0 Å². The van der Waals surface area contributed by atoms with E-state index in [-0.39, 0.29) is 29.5 Å². The lowest BCUT2D eigenvalue weighted by atomic mass is 9.99. The molecule has 3 atom stereocenters. The second-order valence-electron chi connectivity index (χ2n) is 8.79. The lowest BCUT2D eigenvalue weighted by Crippen LogP contribution is -2.55. The van der Waals surface area contributed by atoms with Gasteiger partial charge < -0.3 is 21.5 Å². The Kier molecular flexibility index (Phi) is 10.9. The van der Waals surface area contributed by atoms with Gasteiger partial charge in [0.05, 0.1) is 11.0 Å². The summed E-state index contributed by atoms with van der Waals surface area (Å²) in [4.78, 5) is 50.4. The van der Waals surface area contributed by atoms with E-state index in [1.807, 2.05) is 27.7 Å². The highest BCUT2D eigenvalue weighted by atomic mass is 16.6. The van der Waals surface area contributed by atoms with Crippen LogP contribution in [0.25, 0.3) is 10.4 Å². The van der Waals surface area contributed by atoms with Crippen molar-refractivity contribution < 1.29 is 24.4 Å². The van der Waals surface area contributed by atoms with Crippen molar-refractivity contribution in [1.82, 2.24) is 10.6 Å². The Morgan fingerprint density at radius 2 is 1.71 bits per heavy atom. The zero-order valence-corrected chi connectivity index (χ0v) is 19.6. The van der Waals surface area contributed by atoms with Gasteiger partial charge in [-0.3, -0.25) is 19.7 Å². The summed E-state index contributed by atoms with van der Waals surface area (Å²) in [5.74, 6) is -2.51. The van der Waals surface area contributed by atoms with Crippen molar-refractivity contribution in [3.63, 3.8) is 0 Å². The molecule has 0 aliphatic carbocycles. The molecule has 0 aliphatic rings. The van der Waals surface area contributed by atoms with Gasteiger partial charge in [-0.1, -0.05) is 44.9 Å². The third kappa shape index (κ3) is 9.04. The van der Waals surface area contributed by atoms with Gasteiger partial charge in [0.25, 0.3) is 5.69 Å². The first-order valence-corrected chi connectivity index (χ1v) is 10.8. The van der Waals surface area contributed by atoms with Gasteiger partial charge in [-0.05, 0) is 30.2 Å².